The number of ether oxygens (including phenoxy) is 1. The predicted molar refractivity (Wildman–Crippen MR) is 198 cm³/mol. The van der Waals surface area contributed by atoms with E-state index in [0.717, 1.165) is 61.0 Å². The molecule has 4 amide bonds. The number of aryl methyl sites for hydroxylation is 2. The summed E-state index contributed by atoms with van der Waals surface area (Å²) in [5, 5.41) is 13.1. The van der Waals surface area contributed by atoms with Crippen LogP contribution in [0.4, 0.5) is 0 Å². The van der Waals surface area contributed by atoms with E-state index in [-0.39, 0.29) is 31.3 Å². The molecule has 12 nitrogen and oxygen atoms in total. The molecule has 2 saturated carbocycles. The lowest BCUT2D eigenvalue weighted by molar-refractivity contribution is -0.145. The number of amides is 4. The highest BCUT2D eigenvalue weighted by atomic mass is 16.7. The van der Waals surface area contributed by atoms with Crippen molar-refractivity contribution in [3.05, 3.63) is 28.8 Å². The number of carbonyl (C=O) groups excluding carboxylic acids is 5. The quantitative estimate of drug-likeness (QED) is 0.233. The van der Waals surface area contributed by atoms with Crippen LogP contribution >= 0.6 is 0 Å². The standard InChI is InChI=1S/C40H59N5O7/c1-8-13-29(33(47)37(49)41-28-16-17-28)42-36(48)31-22-40(21-30(44-52-40)27-18-24(3)34(51-9-2)25(4)19-27)23-45(31)38(50)35(39(5,6)7)43-32(46)20-26-14-11-10-12-15-26/h18-19,26,28-29,31,35H,8-17,20-23H2,1-7H3,(H,41,49)(H,42,48)(H,43,46)/t29-,31+,35-,40-/m1/s1. The van der Waals surface area contributed by atoms with Crippen LogP contribution in [-0.2, 0) is 28.8 Å². The highest BCUT2D eigenvalue weighted by Gasteiger charge is 2.55. The molecule has 0 unspecified atom stereocenters. The molecule has 3 fully saturated rings. The third-order valence-corrected chi connectivity index (χ3v) is 10.9. The summed E-state index contributed by atoms with van der Waals surface area (Å²) in [7, 11) is 0. The first-order valence-corrected chi connectivity index (χ1v) is 19.4. The number of ketones is 1. The number of benzene rings is 1. The molecule has 4 aliphatic rings. The zero-order valence-corrected chi connectivity index (χ0v) is 32.2. The van der Waals surface area contributed by atoms with E-state index >= 15 is 0 Å². The maximum Gasteiger partial charge on any atom is 0.289 e. The summed E-state index contributed by atoms with van der Waals surface area (Å²) in [4.78, 5) is 76.1. The fourth-order valence-corrected chi connectivity index (χ4v) is 7.93. The Morgan fingerprint density at radius 1 is 1.00 bits per heavy atom. The van der Waals surface area contributed by atoms with E-state index in [1.54, 1.807) is 0 Å². The van der Waals surface area contributed by atoms with Crippen molar-refractivity contribution < 1.29 is 33.5 Å². The Bertz CT molecular complexity index is 1530. The van der Waals surface area contributed by atoms with E-state index in [1.165, 1.54) is 11.3 Å². The smallest absolute Gasteiger partial charge is 0.289 e. The molecule has 2 heterocycles. The van der Waals surface area contributed by atoms with Crippen LogP contribution in [0.5, 0.6) is 5.75 Å². The highest BCUT2D eigenvalue weighted by Crippen LogP contribution is 2.41. The number of nitrogens with zero attached hydrogens (tertiary/aromatic N) is 2. The van der Waals surface area contributed by atoms with Crippen molar-refractivity contribution in [2.24, 2.45) is 16.5 Å². The van der Waals surface area contributed by atoms with Crippen molar-refractivity contribution >= 4 is 35.1 Å². The van der Waals surface area contributed by atoms with Crippen LogP contribution in [0.15, 0.2) is 17.3 Å². The average molecular weight is 722 g/mol. The molecule has 1 aromatic rings. The summed E-state index contributed by atoms with van der Waals surface area (Å²) in [5.74, 6) is -1.38. The van der Waals surface area contributed by atoms with Crippen molar-refractivity contribution in [1.82, 2.24) is 20.9 Å². The van der Waals surface area contributed by atoms with Gasteiger partial charge in [-0.05, 0) is 87.5 Å². The zero-order valence-electron chi connectivity index (χ0n) is 32.2. The molecule has 2 aliphatic heterocycles. The first kappa shape index (κ1) is 39.3. The van der Waals surface area contributed by atoms with Gasteiger partial charge in [-0.2, -0.15) is 0 Å². The van der Waals surface area contributed by atoms with Crippen LogP contribution in [-0.4, -0.2) is 82.9 Å². The maximum absolute atomic E-state index is 14.7. The molecule has 0 radical (unpaired) electrons. The van der Waals surface area contributed by atoms with Crippen LogP contribution in [0, 0.1) is 25.2 Å². The Hall–Kier alpha value is -3.96. The van der Waals surface area contributed by atoms with Gasteiger partial charge in [0.15, 0.2) is 5.60 Å². The number of oxime groups is 1. The second kappa shape index (κ2) is 16.4. The summed E-state index contributed by atoms with van der Waals surface area (Å²) >= 11 is 0. The van der Waals surface area contributed by atoms with Gasteiger partial charge in [0.1, 0.15) is 17.8 Å². The van der Waals surface area contributed by atoms with Gasteiger partial charge in [0.25, 0.3) is 5.91 Å². The van der Waals surface area contributed by atoms with Gasteiger partial charge in [0.2, 0.25) is 23.5 Å². The van der Waals surface area contributed by atoms with Crippen molar-refractivity contribution in [3.8, 4) is 5.75 Å². The van der Waals surface area contributed by atoms with Gasteiger partial charge in [0, 0.05) is 30.9 Å². The topological polar surface area (TPSA) is 156 Å². The molecular weight excluding hydrogens is 662 g/mol. The monoisotopic (exact) mass is 721 g/mol. The third-order valence-electron chi connectivity index (χ3n) is 10.9. The Balaban J connectivity index is 1.40. The molecule has 52 heavy (non-hydrogen) atoms. The van der Waals surface area contributed by atoms with Gasteiger partial charge in [-0.15, -0.1) is 0 Å². The minimum atomic E-state index is -1.04. The summed E-state index contributed by atoms with van der Waals surface area (Å²) in [6, 6.07) is 1.04. The number of likely N-dealkylation sites (tertiary alicyclic amines) is 1. The molecule has 3 N–H and O–H groups in total. The Morgan fingerprint density at radius 3 is 2.27 bits per heavy atom. The first-order chi connectivity index (χ1) is 24.6. The highest BCUT2D eigenvalue weighted by molar-refractivity contribution is 6.38. The van der Waals surface area contributed by atoms with Crippen LogP contribution in [0.2, 0.25) is 0 Å². The summed E-state index contributed by atoms with van der Waals surface area (Å²) in [6.07, 6.45) is 8.73. The summed E-state index contributed by atoms with van der Waals surface area (Å²) in [5.41, 5.74) is 1.83. The van der Waals surface area contributed by atoms with Gasteiger partial charge in [-0.3, -0.25) is 24.0 Å². The Labute approximate surface area is 308 Å². The summed E-state index contributed by atoms with van der Waals surface area (Å²) in [6.45, 7) is 14.1. The molecule has 12 heteroatoms. The second-order valence-electron chi connectivity index (χ2n) is 16.6. The Kier molecular flexibility index (Phi) is 12.4. The minimum Gasteiger partial charge on any atom is -0.493 e. The normalized spacial score (nSPS) is 23.0. The lowest BCUT2D eigenvalue weighted by Crippen LogP contribution is -2.59. The number of hydrogen-bond acceptors (Lipinski definition) is 8. The molecule has 2 aliphatic carbocycles. The minimum absolute atomic E-state index is 0.00320. The van der Waals surface area contributed by atoms with Crippen LogP contribution in [0.25, 0.3) is 0 Å². The van der Waals surface area contributed by atoms with Crippen molar-refractivity contribution in [2.45, 2.75) is 155 Å². The molecule has 1 saturated heterocycles. The van der Waals surface area contributed by atoms with Gasteiger partial charge < -0.3 is 30.4 Å². The maximum atomic E-state index is 14.7. The molecule has 5 rings (SSSR count). The lowest BCUT2D eigenvalue weighted by atomic mass is 9.84. The van der Waals surface area contributed by atoms with Crippen LogP contribution in [0.1, 0.15) is 128 Å². The molecule has 4 atom stereocenters. The number of hydrogen-bond donors (Lipinski definition) is 3. The molecular formula is C40H59N5O7. The second-order valence-corrected chi connectivity index (χ2v) is 16.6. The van der Waals surface area contributed by atoms with E-state index in [0.29, 0.717) is 37.5 Å². The van der Waals surface area contributed by atoms with E-state index < -0.39 is 52.6 Å². The van der Waals surface area contributed by atoms with Crippen molar-refractivity contribution in [1.29, 1.82) is 0 Å². The predicted octanol–water partition coefficient (Wildman–Crippen LogP) is 4.80. The SMILES string of the molecule is CCC[C@@H](NC(=O)[C@@H]1C[C@]2(CC(c3cc(C)c(OCC)c(C)c3)=NO2)CN1C(=O)[C@@H](NC(=O)CC1CCCCC1)C(C)(C)C)C(=O)C(=O)NC1CC1. The Morgan fingerprint density at radius 2 is 1.67 bits per heavy atom. The molecule has 1 spiro atoms. The van der Waals surface area contributed by atoms with Crippen molar-refractivity contribution in [2.75, 3.05) is 13.2 Å². The van der Waals surface area contributed by atoms with Gasteiger partial charge in [-0.25, -0.2) is 0 Å². The average Bonchev–Trinajstić information content (AvgIpc) is 3.68. The molecule has 0 bridgehead atoms. The van der Waals surface area contributed by atoms with E-state index in [1.807, 2.05) is 60.6 Å². The van der Waals surface area contributed by atoms with Crippen LogP contribution < -0.4 is 20.7 Å². The molecule has 1 aromatic carbocycles. The van der Waals surface area contributed by atoms with Crippen LogP contribution in [0.3, 0.4) is 0 Å². The largest absolute Gasteiger partial charge is 0.493 e. The van der Waals surface area contributed by atoms with Gasteiger partial charge in [0.05, 0.1) is 24.9 Å². The first-order valence-electron chi connectivity index (χ1n) is 19.4. The number of nitrogens with one attached hydrogen (secondary N) is 3. The third kappa shape index (κ3) is 9.33. The summed E-state index contributed by atoms with van der Waals surface area (Å²) < 4.78 is 5.84. The molecule has 0 aromatic heterocycles. The fourth-order valence-electron chi connectivity index (χ4n) is 7.93. The fraction of sp³-hybridized carbons (Fsp3) is 0.700. The van der Waals surface area contributed by atoms with Gasteiger partial charge >= 0.3 is 0 Å². The van der Waals surface area contributed by atoms with E-state index in [4.69, 9.17) is 9.57 Å². The van der Waals surface area contributed by atoms with Crippen molar-refractivity contribution in [3.63, 3.8) is 0 Å². The number of carbonyl (C=O) groups is 5. The number of Topliss-reactive ketones (excluding diaryl/α,β-unsaturated/α-hetero) is 1. The van der Waals surface area contributed by atoms with E-state index in [2.05, 4.69) is 21.1 Å². The zero-order chi connectivity index (χ0) is 37.8. The molecule has 286 valence electrons. The van der Waals surface area contributed by atoms with E-state index in [9.17, 15) is 24.0 Å². The van der Waals surface area contributed by atoms with Gasteiger partial charge in [-0.1, -0.05) is 58.5 Å². The number of rotatable bonds is 14. The lowest BCUT2D eigenvalue weighted by Gasteiger charge is -2.36.